The van der Waals surface area contributed by atoms with Gasteiger partial charge in [0.05, 0.1) is 24.0 Å². The smallest absolute Gasteiger partial charge is 0.274 e. The van der Waals surface area contributed by atoms with Crippen molar-refractivity contribution in [2.75, 3.05) is 26.5 Å². The highest BCUT2D eigenvalue weighted by molar-refractivity contribution is 5.92. The van der Waals surface area contributed by atoms with E-state index in [4.69, 9.17) is 10.5 Å². The maximum atomic E-state index is 12.4. The quantitative estimate of drug-likeness (QED) is 0.847. The van der Waals surface area contributed by atoms with E-state index in [9.17, 15) is 4.79 Å². The summed E-state index contributed by atoms with van der Waals surface area (Å²) in [5.74, 6) is -0.146. The largest absolute Gasteiger partial charge is 0.397 e. The van der Waals surface area contributed by atoms with Crippen LogP contribution in [0.1, 0.15) is 17.4 Å². The van der Waals surface area contributed by atoms with Gasteiger partial charge in [0, 0.05) is 20.4 Å². The first kappa shape index (κ1) is 15.1. The minimum atomic E-state index is -0.146. The van der Waals surface area contributed by atoms with Crippen molar-refractivity contribution in [2.45, 2.75) is 13.0 Å². The van der Waals surface area contributed by atoms with E-state index in [-0.39, 0.29) is 11.9 Å². The molecule has 2 aromatic rings. The number of carbonyl (C=O) groups is 1. The Labute approximate surface area is 124 Å². The lowest BCUT2D eigenvalue weighted by atomic mass is 10.3. The molecule has 0 bridgehead atoms. The Bertz CT molecular complexity index is 624. The molecule has 6 heteroatoms. The first-order valence-electron chi connectivity index (χ1n) is 6.71. The molecule has 0 fully saturated rings. The van der Waals surface area contributed by atoms with E-state index in [0.717, 1.165) is 5.69 Å². The van der Waals surface area contributed by atoms with Gasteiger partial charge in [-0.25, -0.2) is 4.68 Å². The summed E-state index contributed by atoms with van der Waals surface area (Å²) < 4.78 is 6.67. The van der Waals surface area contributed by atoms with Gasteiger partial charge in [0.2, 0.25) is 0 Å². The van der Waals surface area contributed by atoms with Crippen LogP contribution in [-0.4, -0.2) is 47.4 Å². The molecule has 2 N–H and O–H groups in total. The van der Waals surface area contributed by atoms with Crippen molar-refractivity contribution in [3.8, 4) is 5.69 Å². The van der Waals surface area contributed by atoms with Gasteiger partial charge in [-0.15, -0.1) is 0 Å². The number of aromatic nitrogens is 2. The highest BCUT2D eigenvalue weighted by atomic mass is 16.5. The van der Waals surface area contributed by atoms with Gasteiger partial charge in [-0.3, -0.25) is 4.79 Å². The van der Waals surface area contributed by atoms with Crippen LogP contribution in [-0.2, 0) is 4.74 Å². The van der Waals surface area contributed by atoms with Crippen molar-refractivity contribution in [3.63, 3.8) is 0 Å². The van der Waals surface area contributed by atoms with Crippen LogP contribution in [0.2, 0.25) is 0 Å². The second-order valence-corrected chi connectivity index (χ2v) is 4.92. The SMILES string of the molecule is COCC(C)N(C)C(=O)c1ccn(-c2ccccc2N)n1. The zero-order valence-corrected chi connectivity index (χ0v) is 12.5. The van der Waals surface area contributed by atoms with Gasteiger partial charge in [-0.2, -0.15) is 5.10 Å². The molecular formula is C15H20N4O2. The number of hydrogen-bond donors (Lipinski definition) is 1. The highest BCUT2D eigenvalue weighted by Crippen LogP contribution is 2.16. The average Bonchev–Trinajstić information content (AvgIpc) is 2.96. The van der Waals surface area contributed by atoms with Gasteiger partial charge in [-0.1, -0.05) is 12.1 Å². The number of ether oxygens (including phenoxy) is 1. The number of nitrogen functional groups attached to an aromatic ring is 1. The number of methoxy groups -OCH3 is 1. The Morgan fingerprint density at radius 2 is 2.14 bits per heavy atom. The van der Waals surface area contributed by atoms with Crippen LogP contribution in [0.3, 0.4) is 0 Å². The van der Waals surface area contributed by atoms with Gasteiger partial charge < -0.3 is 15.4 Å². The van der Waals surface area contributed by atoms with Crippen LogP contribution in [0, 0.1) is 0 Å². The Kier molecular flexibility index (Phi) is 4.59. The molecule has 1 aromatic heterocycles. The predicted octanol–water partition coefficient (Wildman–Crippen LogP) is 1.56. The van der Waals surface area contributed by atoms with E-state index >= 15 is 0 Å². The summed E-state index contributed by atoms with van der Waals surface area (Å²) in [4.78, 5) is 14.0. The monoisotopic (exact) mass is 288 g/mol. The number of nitrogens with zero attached hydrogens (tertiary/aromatic N) is 3. The van der Waals surface area contributed by atoms with Gasteiger partial charge in [0.15, 0.2) is 5.69 Å². The van der Waals surface area contributed by atoms with Crippen LogP contribution in [0.4, 0.5) is 5.69 Å². The molecule has 2 rings (SSSR count). The van der Waals surface area contributed by atoms with Crippen molar-refractivity contribution in [2.24, 2.45) is 0 Å². The number of likely N-dealkylation sites (N-methyl/N-ethyl adjacent to an activating group) is 1. The molecule has 1 atom stereocenters. The van der Waals surface area contributed by atoms with Crippen molar-refractivity contribution < 1.29 is 9.53 Å². The number of amides is 1. The number of rotatable bonds is 5. The molecule has 1 amide bonds. The second kappa shape index (κ2) is 6.41. The molecule has 0 radical (unpaired) electrons. The molecule has 6 nitrogen and oxygen atoms in total. The maximum absolute atomic E-state index is 12.4. The van der Waals surface area contributed by atoms with Crippen LogP contribution >= 0.6 is 0 Å². The van der Waals surface area contributed by atoms with Crippen LogP contribution in [0.25, 0.3) is 5.69 Å². The zero-order valence-electron chi connectivity index (χ0n) is 12.5. The fraction of sp³-hybridized carbons (Fsp3) is 0.333. The van der Waals surface area contributed by atoms with Gasteiger partial charge >= 0.3 is 0 Å². The molecule has 0 aliphatic carbocycles. The standard InChI is InChI=1S/C15H20N4O2/c1-11(10-21-3)18(2)15(20)13-8-9-19(17-13)14-7-5-4-6-12(14)16/h4-9,11H,10,16H2,1-3H3. The lowest BCUT2D eigenvalue weighted by molar-refractivity contribution is 0.0627. The van der Waals surface area contributed by atoms with Crippen molar-refractivity contribution in [1.29, 1.82) is 0 Å². The lowest BCUT2D eigenvalue weighted by Gasteiger charge is -2.23. The van der Waals surface area contributed by atoms with E-state index in [2.05, 4.69) is 5.10 Å². The fourth-order valence-electron chi connectivity index (χ4n) is 2.00. The molecule has 0 saturated carbocycles. The Hall–Kier alpha value is -2.34. The number of anilines is 1. The first-order valence-corrected chi connectivity index (χ1v) is 6.71. The molecule has 0 spiro atoms. The van der Waals surface area contributed by atoms with Gasteiger partial charge in [0.1, 0.15) is 0 Å². The Morgan fingerprint density at radius 1 is 1.43 bits per heavy atom. The van der Waals surface area contributed by atoms with Crippen molar-refractivity contribution >= 4 is 11.6 Å². The van der Waals surface area contributed by atoms with Gasteiger partial charge in [0.25, 0.3) is 5.91 Å². The molecule has 0 aliphatic heterocycles. The van der Waals surface area contributed by atoms with Crippen molar-refractivity contribution in [1.82, 2.24) is 14.7 Å². The fourth-order valence-corrected chi connectivity index (χ4v) is 2.00. The van der Waals surface area contributed by atoms with Crippen LogP contribution in [0.15, 0.2) is 36.5 Å². The number of hydrogen-bond acceptors (Lipinski definition) is 4. The summed E-state index contributed by atoms with van der Waals surface area (Å²) in [5.41, 5.74) is 7.66. The summed E-state index contributed by atoms with van der Waals surface area (Å²) >= 11 is 0. The molecule has 1 unspecified atom stereocenters. The third kappa shape index (κ3) is 3.22. The maximum Gasteiger partial charge on any atom is 0.274 e. The number of para-hydroxylation sites is 2. The number of carbonyl (C=O) groups excluding carboxylic acids is 1. The zero-order chi connectivity index (χ0) is 15.4. The van der Waals surface area contributed by atoms with E-state index in [1.165, 1.54) is 0 Å². The normalized spacial score (nSPS) is 12.1. The minimum absolute atomic E-state index is 0.0190. The van der Waals surface area contributed by atoms with E-state index in [1.54, 1.807) is 42.1 Å². The molecule has 1 aromatic carbocycles. The molecule has 1 heterocycles. The van der Waals surface area contributed by atoms with E-state index in [0.29, 0.717) is 18.0 Å². The topological polar surface area (TPSA) is 73.4 Å². The molecule has 0 saturated heterocycles. The van der Waals surface area contributed by atoms with Crippen LogP contribution < -0.4 is 5.73 Å². The first-order chi connectivity index (χ1) is 10.0. The lowest BCUT2D eigenvalue weighted by Crippen LogP contribution is -2.38. The molecular weight excluding hydrogens is 268 g/mol. The number of benzene rings is 1. The summed E-state index contributed by atoms with van der Waals surface area (Å²) in [6, 6.07) is 9.05. The van der Waals surface area contributed by atoms with E-state index in [1.807, 2.05) is 25.1 Å². The second-order valence-electron chi connectivity index (χ2n) is 4.92. The summed E-state index contributed by atoms with van der Waals surface area (Å²) in [5, 5.41) is 4.31. The Morgan fingerprint density at radius 3 is 2.81 bits per heavy atom. The summed E-state index contributed by atoms with van der Waals surface area (Å²) in [6.45, 7) is 2.40. The third-order valence-corrected chi connectivity index (χ3v) is 3.38. The highest BCUT2D eigenvalue weighted by Gasteiger charge is 2.20. The van der Waals surface area contributed by atoms with Gasteiger partial charge in [-0.05, 0) is 25.1 Å². The molecule has 0 aliphatic rings. The van der Waals surface area contributed by atoms with Crippen LogP contribution in [0.5, 0.6) is 0 Å². The van der Waals surface area contributed by atoms with E-state index < -0.39 is 0 Å². The summed E-state index contributed by atoms with van der Waals surface area (Å²) in [7, 11) is 3.35. The summed E-state index contributed by atoms with van der Waals surface area (Å²) in [6.07, 6.45) is 1.73. The number of nitrogens with two attached hydrogens (primary N) is 1. The molecule has 21 heavy (non-hydrogen) atoms. The molecule has 112 valence electrons. The minimum Gasteiger partial charge on any atom is -0.397 e. The predicted molar refractivity (Wildman–Crippen MR) is 81.4 cm³/mol. The Balaban J connectivity index is 2.20. The third-order valence-electron chi connectivity index (χ3n) is 3.38. The average molecular weight is 288 g/mol. The van der Waals surface area contributed by atoms with Crippen molar-refractivity contribution in [3.05, 3.63) is 42.2 Å².